The number of rotatable bonds is 2. The lowest BCUT2D eigenvalue weighted by Crippen LogP contribution is -1.94. The minimum absolute atomic E-state index is 0.918. The van der Waals surface area contributed by atoms with Gasteiger partial charge in [-0.3, -0.25) is 0 Å². The standard InChI is InChI=1S/C18H16N2S/c1-2-6-13(7-3-1)12-17-20-18-16(21-17)11-10-14-8-4-5-9-15(14)19-18/h1-9,19H,10-12H2. The Kier molecular flexibility index (Phi) is 3.20. The topological polar surface area (TPSA) is 24.9 Å². The molecule has 1 aromatic heterocycles. The van der Waals surface area contributed by atoms with Crippen molar-refractivity contribution in [3.63, 3.8) is 0 Å². The summed E-state index contributed by atoms with van der Waals surface area (Å²) in [5.74, 6) is 1.05. The summed E-state index contributed by atoms with van der Waals surface area (Å²) < 4.78 is 0. The predicted molar refractivity (Wildman–Crippen MR) is 88.5 cm³/mol. The minimum Gasteiger partial charge on any atom is -0.339 e. The first kappa shape index (κ1) is 12.6. The lowest BCUT2D eigenvalue weighted by atomic mass is 10.1. The first-order valence-corrected chi connectivity index (χ1v) is 8.07. The molecule has 4 rings (SSSR count). The molecule has 2 nitrogen and oxygen atoms in total. The molecule has 0 amide bonds. The van der Waals surface area contributed by atoms with Gasteiger partial charge in [0.15, 0.2) is 0 Å². The maximum atomic E-state index is 4.81. The van der Waals surface area contributed by atoms with Crippen LogP contribution < -0.4 is 5.32 Å². The van der Waals surface area contributed by atoms with Gasteiger partial charge in [-0.25, -0.2) is 4.98 Å². The van der Waals surface area contributed by atoms with Gasteiger partial charge in [-0.05, 0) is 30.0 Å². The van der Waals surface area contributed by atoms with Gasteiger partial charge in [0.2, 0.25) is 0 Å². The molecule has 0 saturated heterocycles. The lowest BCUT2D eigenvalue weighted by Gasteiger charge is -2.06. The van der Waals surface area contributed by atoms with Crippen molar-refractivity contribution >= 4 is 22.8 Å². The van der Waals surface area contributed by atoms with Gasteiger partial charge in [-0.1, -0.05) is 48.5 Å². The van der Waals surface area contributed by atoms with Gasteiger partial charge in [0.05, 0.1) is 5.01 Å². The predicted octanol–water partition coefficient (Wildman–Crippen LogP) is 4.58. The van der Waals surface area contributed by atoms with Gasteiger partial charge in [0, 0.05) is 17.0 Å². The number of para-hydroxylation sites is 1. The van der Waals surface area contributed by atoms with Crippen LogP contribution in [-0.2, 0) is 19.3 Å². The largest absolute Gasteiger partial charge is 0.339 e. The summed E-state index contributed by atoms with van der Waals surface area (Å²) in [5.41, 5.74) is 3.90. The molecule has 0 saturated carbocycles. The Labute approximate surface area is 128 Å². The molecule has 0 aliphatic carbocycles. The highest BCUT2D eigenvalue weighted by molar-refractivity contribution is 7.12. The van der Waals surface area contributed by atoms with Gasteiger partial charge in [-0.15, -0.1) is 11.3 Å². The van der Waals surface area contributed by atoms with E-state index in [4.69, 9.17) is 4.98 Å². The second-order valence-electron chi connectivity index (χ2n) is 5.32. The van der Waals surface area contributed by atoms with Crippen LogP contribution in [0.1, 0.15) is 21.0 Å². The summed E-state index contributed by atoms with van der Waals surface area (Å²) in [6, 6.07) is 19.1. The number of nitrogens with one attached hydrogen (secondary N) is 1. The van der Waals surface area contributed by atoms with Crippen molar-refractivity contribution in [1.82, 2.24) is 4.98 Å². The second-order valence-corrected chi connectivity index (χ2v) is 6.49. The molecule has 3 aromatic rings. The molecule has 2 aromatic carbocycles. The number of fused-ring (bicyclic) bond motifs is 2. The van der Waals surface area contributed by atoms with Crippen molar-refractivity contribution in [2.24, 2.45) is 0 Å². The van der Waals surface area contributed by atoms with Crippen LogP contribution in [0.15, 0.2) is 54.6 Å². The summed E-state index contributed by atoms with van der Waals surface area (Å²) in [7, 11) is 0. The number of aryl methyl sites for hydroxylation is 2. The minimum atomic E-state index is 0.918. The van der Waals surface area contributed by atoms with Crippen molar-refractivity contribution in [1.29, 1.82) is 0 Å². The number of aromatic nitrogens is 1. The maximum Gasteiger partial charge on any atom is 0.144 e. The molecule has 1 aliphatic rings. The fourth-order valence-corrected chi connectivity index (χ4v) is 3.81. The average molecular weight is 292 g/mol. The number of hydrogen-bond acceptors (Lipinski definition) is 3. The first-order valence-electron chi connectivity index (χ1n) is 7.26. The van der Waals surface area contributed by atoms with Gasteiger partial charge < -0.3 is 5.32 Å². The van der Waals surface area contributed by atoms with Crippen LogP contribution in [-0.4, -0.2) is 4.98 Å². The molecule has 0 fully saturated rings. The first-order chi connectivity index (χ1) is 10.4. The van der Waals surface area contributed by atoms with E-state index in [2.05, 4.69) is 59.9 Å². The van der Waals surface area contributed by atoms with Gasteiger partial charge in [0.25, 0.3) is 0 Å². The number of thiazole rings is 1. The van der Waals surface area contributed by atoms with Crippen LogP contribution in [0.4, 0.5) is 11.5 Å². The molecule has 0 bridgehead atoms. The molecule has 0 atom stereocenters. The number of anilines is 2. The lowest BCUT2D eigenvalue weighted by molar-refractivity contribution is 0.995. The third-order valence-electron chi connectivity index (χ3n) is 3.83. The third-order valence-corrected chi connectivity index (χ3v) is 4.95. The van der Waals surface area contributed by atoms with E-state index in [9.17, 15) is 0 Å². The zero-order valence-corrected chi connectivity index (χ0v) is 12.5. The molecule has 0 radical (unpaired) electrons. The van der Waals surface area contributed by atoms with E-state index in [-0.39, 0.29) is 0 Å². The Morgan fingerprint density at radius 1 is 0.952 bits per heavy atom. The fraction of sp³-hybridized carbons (Fsp3) is 0.167. The van der Waals surface area contributed by atoms with E-state index in [1.54, 1.807) is 0 Å². The molecular weight excluding hydrogens is 276 g/mol. The van der Waals surface area contributed by atoms with Crippen molar-refractivity contribution in [3.05, 3.63) is 75.6 Å². The van der Waals surface area contributed by atoms with Crippen molar-refractivity contribution in [3.8, 4) is 0 Å². The Hall–Kier alpha value is -2.13. The Balaban J connectivity index is 1.63. The quantitative estimate of drug-likeness (QED) is 0.748. The maximum absolute atomic E-state index is 4.81. The van der Waals surface area contributed by atoms with Crippen LogP contribution in [0, 0.1) is 0 Å². The molecule has 3 heteroatoms. The highest BCUT2D eigenvalue weighted by Gasteiger charge is 2.17. The molecule has 0 unspecified atom stereocenters. The highest BCUT2D eigenvalue weighted by atomic mass is 32.1. The summed E-state index contributed by atoms with van der Waals surface area (Å²) in [6.45, 7) is 0. The van der Waals surface area contributed by atoms with Crippen LogP contribution in [0.2, 0.25) is 0 Å². The Morgan fingerprint density at radius 3 is 2.67 bits per heavy atom. The monoisotopic (exact) mass is 292 g/mol. The SMILES string of the molecule is c1ccc(Cc2nc3c(s2)CCc2ccccc2N3)cc1. The van der Waals surface area contributed by atoms with E-state index in [1.807, 2.05) is 11.3 Å². The highest BCUT2D eigenvalue weighted by Crippen LogP contribution is 2.33. The number of benzene rings is 2. The Bertz CT molecular complexity index is 762. The molecule has 21 heavy (non-hydrogen) atoms. The third kappa shape index (κ3) is 2.57. The number of hydrogen-bond donors (Lipinski definition) is 1. The fourth-order valence-electron chi connectivity index (χ4n) is 2.75. The molecule has 0 spiro atoms. The van der Waals surface area contributed by atoms with E-state index in [0.717, 1.165) is 25.1 Å². The van der Waals surface area contributed by atoms with Crippen molar-refractivity contribution in [2.45, 2.75) is 19.3 Å². The summed E-state index contributed by atoms with van der Waals surface area (Å²) in [5, 5.41) is 4.70. The molecule has 2 heterocycles. The van der Waals surface area contributed by atoms with Gasteiger partial charge in [-0.2, -0.15) is 0 Å². The van der Waals surface area contributed by atoms with E-state index >= 15 is 0 Å². The van der Waals surface area contributed by atoms with E-state index < -0.39 is 0 Å². The number of nitrogens with zero attached hydrogens (tertiary/aromatic N) is 1. The average Bonchev–Trinajstić information content (AvgIpc) is 2.80. The molecule has 1 N–H and O–H groups in total. The van der Waals surface area contributed by atoms with E-state index in [0.29, 0.717) is 0 Å². The zero-order valence-electron chi connectivity index (χ0n) is 11.7. The Morgan fingerprint density at radius 2 is 1.76 bits per heavy atom. The molecular formula is C18H16N2S. The normalized spacial score (nSPS) is 13.0. The van der Waals surface area contributed by atoms with Crippen LogP contribution in [0.25, 0.3) is 0 Å². The van der Waals surface area contributed by atoms with Crippen LogP contribution >= 0.6 is 11.3 Å². The van der Waals surface area contributed by atoms with E-state index in [1.165, 1.54) is 26.7 Å². The zero-order chi connectivity index (χ0) is 14.1. The molecule has 1 aliphatic heterocycles. The van der Waals surface area contributed by atoms with Crippen LogP contribution in [0.3, 0.4) is 0 Å². The van der Waals surface area contributed by atoms with Gasteiger partial charge in [0.1, 0.15) is 5.82 Å². The van der Waals surface area contributed by atoms with Crippen molar-refractivity contribution < 1.29 is 0 Å². The molecule has 104 valence electrons. The van der Waals surface area contributed by atoms with Gasteiger partial charge >= 0.3 is 0 Å². The summed E-state index contributed by atoms with van der Waals surface area (Å²) in [4.78, 5) is 6.18. The van der Waals surface area contributed by atoms with Crippen molar-refractivity contribution in [2.75, 3.05) is 5.32 Å². The second kappa shape index (κ2) is 5.34. The summed E-state index contributed by atoms with van der Waals surface area (Å²) in [6.07, 6.45) is 3.08. The van der Waals surface area contributed by atoms with Crippen LogP contribution in [0.5, 0.6) is 0 Å². The summed E-state index contributed by atoms with van der Waals surface area (Å²) >= 11 is 1.84. The smallest absolute Gasteiger partial charge is 0.144 e.